The molecule has 0 unspecified atom stereocenters. The smallest absolute Gasteiger partial charge is 0.373 e. The van der Waals surface area contributed by atoms with Gasteiger partial charge in [0.15, 0.2) is 5.78 Å². The summed E-state index contributed by atoms with van der Waals surface area (Å²) in [4.78, 5) is 23.4. The largest absolute Gasteiger partial charge is 0.491 e. The number of rotatable bonds is 8. The first-order valence-corrected chi connectivity index (χ1v) is 7.26. The Labute approximate surface area is 139 Å². The fourth-order valence-corrected chi connectivity index (χ4v) is 1.87. The van der Waals surface area contributed by atoms with Gasteiger partial charge in [0, 0.05) is 12.7 Å². The second-order valence-electron chi connectivity index (χ2n) is 4.76. The molecule has 0 aliphatic heterocycles. The quantitative estimate of drug-likeness (QED) is 0.321. The molecule has 0 atom stereocenters. The van der Waals surface area contributed by atoms with Gasteiger partial charge in [-0.2, -0.15) is 0 Å². The number of furan rings is 1. The minimum Gasteiger partial charge on any atom is -0.491 e. The highest BCUT2D eigenvalue weighted by Crippen LogP contribution is 2.14. The predicted octanol–water partition coefficient (Wildman–Crippen LogP) is 2.99. The van der Waals surface area contributed by atoms with Crippen LogP contribution in [0.2, 0.25) is 0 Å². The minimum absolute atomic E-state index is 0.0853. The average molecular weight is 330 g/mol. The monoisotopic (exact) mass is 330 g/mol. The van der Waals surface area contributed by atoms with Crippen LogP contribution in [0.15, 0.2) is 46.9 Å². The highest BCUT2D eigenvalue weighted by atomic mass is 16.5. The van der Waals surface area contributed by atoms with Crippen molar-refractivity contribution < 1.29 is 28.2 Å². The summed E-state index contributed by atoms with van der Waals surface area (Å²) < 4.78 is 20.1. The molecule has 0 aliphatic carbocycles. The standard InChI is InChI=1S/C18H18O6/c1-21-11-12-23-14-5-3-13(4-6-14)16(19)9-7-15-8-10-17(24-15)18(20)22-2/h3-10H,11-12H2,1-2H3/b9-7-. The van der Waals surface area contributed by atoms with Crippen molar-refractivity contribution in [3.63, 3.8) is 0 Å². The molecular weight excluding hydrogens is 312 g/mol. The molecule has 0 radical (unpaired) electrons. The van der Waals surface area contributed by atoms with Crippen LogP contribution in [-0.2, 0) is 9.47 Å². The number of esters is 1. The number of ketones is 1. The number of hydrogen-bond acceptors (Lipinski definition) is 6. The lowest BCUT2D eigenvalue weighted by molar-refractivity contribution is 0.0564. The van der Waals surface area contributed by atoms with Gasteiger partial charge in [-0.05, 0) is 48.6 Å². The Morgan fingerprint density at radius 3 is 2.46 bits per heavy atom. The maximum Gasteiger partial charge on any atom is 0.373 e. The lowest BCUT2D eigenvalue weighted by Crippen LogP contribution is -2.04. The molecule has 0 saturated heterocycles. The Bertz CT molecular complexity index is 711. The summed E-state index contributed by atoms with van der Waals surface area (Å²) in [6.45, 7) is 0.949. The van der Waals surface area contributed by atoms with E-state index in [4.69, 9.17) is 13.9 Å². The van der Waals surface area contributed by atoms with Crippen LogP contribution in [0.3, 0.4) is 0 Å². The van der Waals surface area contributed by atoms with Gasteiger partial charge < -0.3 is 18.6 Å². The van der Waals surface area contributed by atoms with Crippen LogP contribution in [0, 0.1) is 0 Å². The average Bonchev–Trinajstić information content (AvgIpc) is 3.09. The van der Waals surface area contributed by atoms with Gasteiger partial charge in [0.25, 0.3) is 0 Å². The van der Waals surface area contributed by atoms with Crippen LogP contribution in [0.4, 0.5) is 0 Å². The SMILES string of the molecule is COCCOc1ccc(C(=O)/C=C\c2ccc(C(=O)OC)o2)cc1. The lowest BCUT2D eigenvalue weighted by Gasteiger charge is -2.05. The van der Waals surface area contributed by atoms with Crippen molar-refractivity contribution in [2.24, 2.45) is 0 Å². The van der Waals surface area contributed by atoms with Crippen molar-refractivity contribution >= 4 is 17.8 Å². The Kier molecular flexibility index (Phi) is 6.33. The zero-order chi connectivity index (χ0) is 17.4. The van der Waals surface area contributed by atoms with Crippen molar-refractivity contribution in [1.82, 2.24) is 0 Å². The van der Waals surface area contributed by atoms with E-state index in [-0.39, 0.29) is 11.5 Å². The molecule has 1 aromatic heterocycles. The molecule has 1 heterocycles. The van der Waals surface area contributed by atoms with Gasteiger partial charge in [-0.25, -0.2) is 4.79 Å². The molecule has 24 heavy (non-hydrogen) atoms. The lowest BCUT2D eigenvalue weighted by atomic mass is 10.1. The molecule has 0 spiro atoms. The number of ether oxygens (including phenoxy) is 3. The zero-order valence-corrected chi connectivity index (χ0v) is 13.5. The number of carbonyl (C=O) groups is 2. The van der Waals surface area contributed by atoms with Crippen LogP contribution >= 0.6 is 0 Å². The molecule has 6 nitrogen and oxygen atoms in total. The third-order valence-corrected chi connectivity index (χ3v) is 3.11. The molecule has 126 valence electrons. The van der Waals surface area contributed by atoms with Crippen LogP contribution in [-0.4, -0.2) is 39.2 Å². The second-order valence-corrected chi connectivity index (χ2v) is 4.76. The van der Waals surface area contributed by atoms with Gasteiger partial charge in [-0.1, -0.05) is 0 Å². The van der Waals surface area contributed by atoms with Crippen molar-refractivity contribution in [3.05, 3.63) is 59.6 Å². The molecule has 6 heteroatoms. The van der Waals surface area contributed by atoms with E-state index in [2.05, 4.69) is 4.74 Å². The molecule has 0 N–H and O–H groups in total. The minimum atomic E-state index is -0.565. The van der Waals surface area contributed by atoms with Crippen molar-refractivity contribution in [2.75, 3.05) is 27.4 Å². The third-order valence-electron chi connectivity index (χ3n) is 3.11. The Morgan fingerprint density at radius 2 is 1.79 bits per heavy atom. The molecule has 1 aromatic carbocycles. The number of hydrogen-bond donors (Lipinski definition) is 0. The van der Waals surface area contributed by atoms with E-state index in [9.17, 15) is 9.59 Å². The molecule has 0 saturated carbocycles. The van der Waals surface area contributed by atoms with Gasteiger partial charge in [0.05, 0.1) is 13.7 Å². The summed E-state index contributed by atoms with van der Waals surface area (Å²) in [5.41, 5.74) is 0.519. The van der Waals surface area contributed by atoms with Gasteiger partial charge in [0.1, 0.15) is 18.1 Å². The highest BCUT2D eigenvalue weighted by Gasteiger charge is 2.10. The van der Waals surface area contributed by atoms with Crippen LogP contribution in [0.5, 0.6) is 5.75 Å². The van der Waals surface area contributed by atoms with Crippen LogP contribution < -0.4 is 4.74 Å². The third kappa shape index (κ3) is 4.82. The Hall–Kier alpha value is -2.86. The first-order valence-electron chi connectivity index (χ1n) is 7.26. The van der Waals surface area contributed by atoms with Crippen LogP contribution in [0.1, 0.15) is 26.7 Å². The summed E-state index contributed by atoms with van der Waals surface area (Å²) in [5.74, 6) is 0.395. The molecular formula is C18H18O6. The summed E-state index contributed by atoms with van der Waals surface area (Å²) >= 11 is 0. The highest BCUT2D eigenvalue weighted by molar-refractivity contribution is 6.06. The van der Waals surface area contributed by atoms with Gasteiger partial charge in [0.2, 0.25) is 5.76 Å². The molecule has 2 aromatic rings. The molecule has 0 bridgehead atoms. The van der Waals surface area contributed by atoms with E-state index >= 15 is 0 Å². The van der Waals surface area contributed by atoms with E-state index < -0.39 is 5.97 Å². The first-order chi connectivity index (χ1) is 11.6. The summed E-state index contributed by atoms with van der Waals surface area (Å²) in [5, 5.41) is 0. The molecule has 0 fully saturated rings. The molecule has 2 rings (SSSR count). The van der Waals surface area contributed by atoms with E-state index in [1.807, 2.05) is 0 Å². The van der Waals surface area contributed by atoms with Crippen molar-refractivity contribution in [3.8, 4) is 5.75 Å². The van der Waals surface area contributed by atoms with Gasteiger partial charge >= 0.3 is 5.97 Å². The Balaban J connectivity index is 1.96. The topological polar surface area (TPSA) is 75.0 Å². The van der Waals surface area contributed by atoms with Gasteiger partial charge in [-0.15, -0.1) is 0 Å². The number of benzene rings is 1. The number of carbonyl (C=O) groups excluding carboxylic acids is 2. The predicted molar refractivity (Wildman–Crippen MR) is 87.2 cm³/mol. The second kappa shape index (κ2) is 8.69. The molecule has 0 amide bonds. The molecule has 0 aliphatic rings. The fourth-order valence-electron chi connectivity index (χ4n) is 1.87. The van der Waals surface area contributed by atoms with E-state index in [1.165, 1.54) is 25.3 Å². The normalized spacial score (nSPS) is 10.8. The number of allylic oxidation sites excluding steroid dienone is 1. The maximum atomic E-state index is 12.1. The Morgan fingerprint density at radius 1 is 1.04 bits per heavy atom. The van der Waals surface area contributed by atoms with E-state index in [0.717, 1.165) is 0 Å². The summed E-state index contributed by atoms with van der Waals surface area (Å²) in [6, 6.07) is 9.87. The van der Waals surface area contributed by atoms with Crippen molar-refractivity contribution in [2.45, 2.75) is 0 Å². The van der Waals surface area contributed by atoms with E-state index in [0.29, 0.717) is 30.3 Å². The zero-order valence-electron chi connectivity index (χ0n) is 13.5. The summed E-state index contributed by atoms with van der Waals surface area (Å²) in [7, 11) is 2.87. The fraction of sp³-hybridized carbons (Fsp3) is 0.222. The number of methoxy groups -OCH3 is 2. The summed E-state index contributed by atoms with van der Waals surface area (Å²) in [6.07, 6.45) is 2.87. The maximum absolute atomic E-state index is 12.1. The van der Waals surface area contributed by atoms with Gasteiger partial charge in [-0.3, -0.25) is 4.79 Å². The van der Waals surface area contributed by atoms with E-state index in [1.54, 1.807) is 37.4 Å². The van der Waals surface area contributed by atoms with Crippen molar-refractivity contribution in [1.29, 1.82) is 0 Å². The van der Waals surface area contributed by atoms with Crippen LogP contribution in [0.25, 0.3) is 6.08 Å². The first kappa shape index (κ1) is 17.5.